The Bertz CT molecular complexity index is 1080. The van der Waals surface area contributed by atoms with Crippen LogP contribution in [-0.4, -0.2) is 55.5 Å². The van der Waals surface area contributed by atoms with Gasteiger partial charge in [-0.1, -0.05) is 35.9 Å². The number of fused-ring (bicyclic) bond motifs is 2. The maximum absolute atomic E-state index is 13.4. The quantitative estimate of drug-likeness (QED) is 0.778. The van der Waals surface area contributed by atoms with Gasteiger partial charge in [0.1, 0.15) is 0 Å². The summed E-state index contributed by atoms with van der Waals surface area (Å²) >= 11 is 0. The summed E-state index contributed by atoms with van der Waals surface area (Å²) in [6, 6.07) is 12.9. The molecule has 0 saturated carbocycles. The third-order valence-electron chi connectivity index (χ3n) is 5.98. The highest BCUT2D eigenvalue weighted by Crippen LogP contribution is 2.42. The lowest BCUT2D eigenvalue weighted by Crippen LogP contribution is -2.48. The first kappa shape index (κ1) is 18.8. The molecule has 2 aromatic rings. The number of hydrogen-bond donors (Lipinski definition) is 0. The molecule has 2 aliphatic heterocycles. The molecule has 2 aliphatic rings. The molecule has 4 rings (SSSR count). The van der Waals surface area contributed by atoms with Gasteiger partial charge in [-0.3, -0.25) is 9.59 Å². The standard InChI is InChI=1S/C21H22N2O4S/c1-14-8-10-15(11-9-14)28(26,27)23-12-18-21(2,13-23)19(24)16-6-4-5-7-17(16)20(25)22(18)3/h4-11,18H,12-13H2,1-3H3/t18-,21+/m1/s1. The summed E-state index contributed by atoms with van der Waals surface area (Å²) in [4.78, 5) is 28.0. The normalized spacial score (nSPS) is 25.4. The molecule has 0 unspecified atom stereocenters. The second kappa shape index (κ2) is 6.25. The molecule has 146 valence electrons. The van der Waals surface area contributed by atoms with Crippen LogP contribution in [0.1, 0.15) is 33.2 Å². The van der Waals surface area contributed by atoms with Crippen LogP contribution in [-0.2, 0) is 10.0 Å². The minimum atomic E-state index is -3.76. The zero-order chi connectivity index (χ0) is 20.3. The number of hydrogen-bond acceptors (Lipinski definition) is 4. The van der Waals surface area contributed by atoms with E-state index in [4.69, 9.17) is 0 Å². The van der Waals surface area contributed by atoms with Crippen LogP contribution in [0.5, 0.6) is 0 Å². The summed E-state index contributed by atoms with van der Waals surface area (Å²) in [6.45, 7) is 3.78. The van der Waals surface area contributed by atoms with Crippen LogP contribution < -0.4 is 0 Å². The molecule has 2 atom stereocenters. The third kappa shape index (κ3) is 2.61. The molecule has 0 aromatic heterocycles. The first-order valence-corrected chi connectivity index (χ1v) is 10.6. The number of benzene rings is 2. The Morgan fingerprint density at radius 3 is 2.25 bits per heavy atom. The third-order valence-corrected chi connectivity index (χ3v) is 7.81. The van der Waals surface area contributed by atoms with Crippen molar-refractivity contribution in [1.29, 1.82) is 0 Å². The summed E-state index contributed by atoms with van der Waals surface area (Å²) in [6.07, 6.45) is 0. The lowest BCUT2D eigenvalue weighted by molar-refractivity contribution is 0.0606. The van der Waals surface area contributed by atoms with Gasteiger partial charge in [0, 0.05) is 25.7 Å². The number of likely N-dealkylation sites (N-methyl/N-ethyl adjacent to an activating group) is 1. The van der Waals surface area contributed by atoms with Crippen molar-refractivity contribution in [3.05, 3.63) is 65.2 Å². The maximum Gasteiger partial charge on any atom is 0.254 e. The van der Waals surface area contributed by atoms with Crippen molar-refractivity contribution in [3.63, 3.8) is 0 Å². The molecule has 1 amide bonds. The Balaban J connectivity index is 1.78. The fraction of sp³-hybridized carbons (Fsp3) is 0.333. The van der Waals surface area contributed by atoms with E-state index in [1.807, 2.05) is 6.92 Å². The number of amides is 1. The van der Waals surface area contributed by atoms with Crippen LogP contribution in [0.2, 0.25) is 0 Å². The molecule has 6 nitrogen and oxygen atoms in total. The fourth-order valence-corrected chi connectivity index (χ4v) is 5.81. The van der Waals surface area contributed by atoms with Crippen LogP contribution >= 0.6 is 0 Å². The number of carbonyl (C=O) groups excluding carboxylic acids is 2. The van der Waals surface area contributed by atoms with Crippen LogP contribution in [0, 0.1) is 12.3 Å². The van der Waals surface area contributed by atoms with E-state index >= 15 is 0 Å². The minimum absolute atomic E-state index is 0.0403. The Hall–Kier alpha value is -2.51. The van der Waals surface area contributed by atoms with Gasteiger partial charge in [-0.15, -0.1) is 0 Å². The van der Waals surface area contributed by atoms with E-state index < -0.39 is 21.5 Å². The van der Waals surface area contributed by atoms with Gasteiger partial charge < -0.3 is 4.90 Å². The van der Waals surface area contributed by atoms with E-state index in [0.717, 1.165) is 5.56 Å². The molecule has 1 saturated heterocycles. The van der Waals surface area contributed by atoms with Gasteiger partial charge in [0.25, 0.3) is 5.91 Å². The topological polar surface area (TPSA) is 74.8 Å². The smallest absolute Gasteiger partial charge is 0.254 e. The minimum Gasteiger partial charge on any atom is -0.336 e. The Labute approximate surface area is 164 Å². The summed E-state index contributed by atoms with van der Waals surface area (Å²) in [5.74, 6) is -0.445. The van der Waals surface area contributed by atoms with Gasteiger partial charge in [0.2, 0.25) is 10.0 Å². The predicted octanol–water partition coefficient (Wildman–Crippen LogP) is 2.34. The summed E-state index contributed by atoms with van der Waals surface area (Å²) in [5, 5.41) is 0. The van der Waals surface area contributed by atoms with E-state index in [1.165, 1.54) is 9.21 Å². The van der Waals surface area contributed by atoms with E-state index in [2.05, 4.69) is 0 Å². The molecule has 28 heavy (non-hydrogen) atoms. The predicted molar refractivity (Wildman–Crippen MR) is 105 cm³/mol. The zero-order valence-corrected chi connectivity index (χ0v) is 16.9. The van der Waals surface area contributed by atoms with E-state index in [0.29, 0.717) is 11.1 Å². The number of ketones is 1. The summed E-state index contributed by atoms with van der Waals surface area (Å²) < 4.78 is 27.7. The maximum atomic E-state index is 13.4. The van der Waals surface area contributed by atoms with Crippen LogP contribution in [0.25, 0.3) is 0 Å². The summed E-state index contributed by atoms with van der Waals surface area (Å²) in [5.41, 5.74) is 0.696. The van der Waals surface area contributed by atoms with Crippen molar-refractivity contribution in [2.24, 2.45) is 5.41 Å². The van der Waals surface area contributed by atoms with Crippen molar-refractivity contribution in [2.75, 3.05) is 20.1 Å². The first-order valence-electron chi connectivity index (χ1n) is 9.14. The molecule has 7 heteroatoms. The lowest BCUT2D eigenvalue weighted by atomic mass is 9.78. The molecule has 2 heterocycles. The van der Waals surface area contributed by atoms with Gasteiger partial charge >= 0.3 is 0 Å². The monoisotopic (exact) mass is 398 g/mol. The molecule has 2 aromatic carbocycles. The molecule has 1 fully saturated rings. The zero-order valence-electron chi connectivity index (χ0n) is 16.0. The van der Waals surface area contributed by atoms with Crippen molar-refractivity contribution >= 4 is 21.7 Å². The molecule has 0 N–H and O–H groups in total. The summed E-state index contributed by atoms with van der Waals surface area (Å²) in [7, 11) is -2.12. The molecular weight excluding hydrogens is 376 g/mol. The number of sulfonamides is 1. The van der Waals surface area contributed by atoms with Gasteiger partial charge in [0.05, 0.1) is 21.9 Å². The average Bonchev–Trinajstić information content (AvgIpc) is 3.04. The second-order valence-corrected chi connectivity index (χ2v) is 9.77. The second-order valence-electron chi connectivity index (χ2n) is 7.83. The van der Waals surface area contributed by atoms with Gasteiger partial charge in [-0.05, 0) is 32.0 Å². The highest BCUT2D eigenvalue weighted by molar-refractivity contribution is 7.89. The Morgan fingerprint density at radius 2 is 1.61 bits per heavy atom. The highest BCUT2D eigenvalue weighted by Gasteiger charge is 2.56. The average molecular weight is 398 g/mol. The van der Waals surface area contributed by atoms with E-state index in [-0.39, 0.29) is 29.7 Å². The highest BCUT2D eigenvalue weighted by atomic mass is 32.2. The van der Waals surface area contributed by atoms with Crippen molar-refractivity contribution in [2.45, 2.75) is 24.8 Å². The molecule has 0 aliphatic carbocycles. The Morgan fingerprint density at radius 1 is 1.00 bits per heavy atom. The van der Waals surface area contributed by atoms with Crippen LogP contribution in [0.4, 0.5) is 0 Å². The molecule has 0 spiro atoms. The fourth-order valence-electron chi connectivity index (χ4n) is 4.25. The van der Waals surface area contributed by atoms with E-state index in [9.17, 15) is 18.0 Å². The van der Waals surface area contributed by atoms with Crippen molar-refractivity contribution < 1.29 is 18.0 Å². The van der Waals surface area contributed by atoms with E-state index in [1.54, 1.807) is 62.5 Å². The number of nitrogens with zero attached hydrogens (tertiary/aromatic N) is 2. The Kier molecular flexibility index (Phi) is 4.21. The number of Topliss-reactive ketones (excluding diaryl/α,β-unsaturated/α-hetero) is 1. The lowest BCUT2D eigenvalue weighted by Gasteiger charge is -2.32. The van der Waals surface area contributed by atoms with Gasteiger partial charge in [0.15, 0.2) is 5.78 Å². The SMILES string of the molecule is Cc1ccc(S(=O)(=O)N2C[C@H]3N(C)C(=O)c4ccccc4C(=O)[C@@]3(C)C2)cc1. The number of carbonyl (C=O) groups is 2. The number of rotatable bonds is 2. The number of aryl methyl sites for hydroxylation is 1. The van der Waals surface area contributed by atoms with Crippen molar-refractivity contribution in [1.82, 2.24) is 9.21 Å². The van der Waals surface area contributed by atoms with Gasteiger partial charge in [-0.2, -0.15) is 4.31 Å². The van der Waals surface area contributed by atoms with Crippen LogP contribution in [0.15, 0.2) is 53.4 Å². The van der Waals surface area contributed by atoms with Crippen molar-refractivity contribution in [3.8, 4) is 0 Å². The molecular formula is C21H22N2O4S. The van der Waals surface area contributed by atoms with Crippen LogP contribution in [0.3, 0.4) is 0 Å². The molecule has 0 radical (unpaired) electrons. The first-order chi connectivity index (χ1) is 13.2. The molecule has 0 bridgehead atoms. The largest absolute Gasteiger partial charge is 0.336 e. The van der Waals surface area contributed by atoms with Gasteiger partial charge in [-0.25, -0.2) is 8.42 Å².